The average molecular weight is 282 g/mol. The van der Waals surface area contributed by atoms with Gasteiger partial charge in [0.25, 0.3) is 0 Å². The summed E-state index contributed by atoms with van der Waals surface area (Å²) >= 11 is 1.46. The molecule has 2 aromatic carbocycles. The highest BCUT2D eigenvalue weighted by atomic mass is 32.2. The fourth-order valence-corrected chi connectivity index (χ4v) is 2.94. The molecule has 3 rings (SSSR count). The molecule has 0 unspecified atom stereocenters. The molecule has 100 valence electrons. The standard InChI is InChI=1S/C16H14N2OS/c1-11(15(19)12-7-3-2-4-8-12)20-16-17-13-9-5-6-10-14(13)18-16/h2-11H,1H3,(H,17,18)/t11-/m1/s1. The van der Waals surface area contributed by atoms with Crippen LogP contribution in [0.2, 0.25) is 0 Å². The van der Waals surface area contributed by atoms with E-state index >= 15 is 0 Å². The van der Waals surface area contributed by atoms with E-state index in [4.69, 9.17) is 0 Å². The fraction of sp³-hybridized carbons (Fsp3) is 0.125. The molecule has 0 aliphatic heterocycles. The maximum absolute atomic E-state index is 12.3. The number of hydrogen-bond acceptors (Lipinski definition) is 3. The van der Waals surface area contributed by atoms with Crippen molar-refractivity contribution < 1.29 is 4.79 Å². The van der Waals surface area contributed by atoms with Crippen molar-refractivity contribution in [3.63, 3.8) is 0 Å². The van der Waals surface area contributed by atoms with Crippen LogP contribution in [-0.4, -0.2) is 21.0 Å². The Bertz CT molecular complexity index is 703. The normalized spacial score (nSPS) is 12.4. The number of carbonyl (C=O) groups excluding carboxylic acids is 1. The number of fused-ring (bicyclic) bond motifs is 1. The Hall–Kier alpha value is -2.07. The molecule has 20 heavy (non-hydrogen) atoms. The van der Waals surface area contributed by atoms with Gasteiger partial charge >= 0.3 is 0 Å². The third kappa shape index (κ3) is 2.60. The zero-order valence-corrected chi connectivity index (χ0v) is 11.9. The van der Waals surface area contributed by atoms with Crippen LogP contribution >= 0.6 is 11.8 Å². The number of rotatable bonds is 4. The molecule has 0 saturated carbocycles. The number of benzene rings is 2. The number of H-pyrrole nitrogens is 1. The van der Waals surface area contributed by atoms with Gasteiger partial charge in [0.15, 0.2) is 10.9 Å². The van der Waals surface area contributed by atoms with E-state index in [-0.39, 0.29) is 11.0 Å². The number of aromatic nitrogens is 2. The first-order valence-corrected chi connectivity index (χ1v) is 7.32. The lowest BCUT2D eigenvalue weighted by Crippen LogP contribution is -2.13. The van der Waals surface area contributed by atoms with Gasteiger partial charge in [0.1, 0.15) is 0 Å². The third-order valence-corrected chi connectivity index (χ3v) is 4.07. The molecule has 1 aromatic heterocycles. The van der Waals surface area contributed by atoms with Gasteiger partial charge in [-0.1, -0.05) is 54.2 Å². The lowest BCUT2D eigenvalue weighted by molar-refractivity contribution is 0.0994. The smallest absolute Gasteiger partial charge is 0.175 e. The van der Waals surface area contributed by atoms with E-state index in [1.807, 2.05) is 61.5 Å². The van der Waals surface area contributed by atoms with Gasteiger partial charge in [0.2, 0.25) is 0 Å². The van der Waals surface area contributed by atoms with Crippen LogP contribution in [0.5, 0.6) is 0 Å². The molecule has 0 amide bonds. The van der Waals surface area contributed by atoms with Crippen molar-refractivity contribution in [3.8, 4) is 0 Å². The summed E-state index contributed by atoms with van der Waals surface area (Å²) in [5, 5.41) is 0.612. The van der Waals surface area contributed by atoms with Crippen molar-refractivity contribution in [1.82, 2.24) is 9.97 Å². The number of Topliss-reactive ketones (excluding diaryl/α,β-unsaturated/α-hetero) is 1. The number of nitrogens with one attached hydrogen (secondary N) is 1. The van der Waals surface area contributed by atoms with E-state index in [1.54, 1.807) is 0 Å². The van der Waals surface area contributed by atoms with Gasteiger partial charge in [-0.25, -0.2) is 4.98 Å². The molecule has 0 radical (unpaired) electrons. The van der Waals surface area contributed by atoms with E-state index in [9.17, 15) is 4.79 Å². The minimum atomic E-state index is -0.169. The highest BCUT2D eigenvalue weighted by molar-refractivity contribution is 8.00. The Morgan fingerprint density at radius 2 is 1.80 bits per heavy atom. The number of thioether (sulfide) groups is 1. The maximum Gasteiger partial charge on any atom is 0.175 e. The van der Waals surface area contributed by atoms with Crippen LogP contribution in [0.15, 0.2) is 59.8 Å². The van der Waals surface area contributed by atoms with Crippen molar-refractivity contribution in [2.45, 2.75) is 17.3 Å². The largest absolute Gasteiger partial charge is 0.333 e. The fourth-order valence-electron chi connectivity index (χ4n) is 2.04. The lowest BCUT2D eigenvalue weighted by Gasteiger charge is -2.07. The van der Waals surface area contributed by atoms with E-state index in [0.717, 1.165) is 21.8 Å². The summed E-state index contributed by atoms with van der Waals surface area (Å²) in [6.45, 7) is 1.91. The maximum atomic E-state index is 12.3. The van der Waals surface area contributed by atoms with Gasteiger partial charge in [0.05, 0.1) is 16.3 Å². The summed E-state index contributed by atoms with van der Waals surface area (Å²) in [6, 6.07) is 17.2. The Labute approximate surface area is 121 Å². The van der Waals surface area contributed by atoms with Crippen LogP contribution in [0.25, 0.3) is 11.0 Å². The van der Waals surface area contributed by atoms with Crippen LogP contribution < -0.4 is 0 Å². The molecule has 1 N–H and O–H groups in total. The van der Waals surface area contributed by atoms with E-state index < -0.39 is 0 Å². The number of ketones is 1. The second-order valence-corrected chi connectivity index (χ2v) is 5.88. The zero-order chi connectivity index (χ0) is 13.9. The molecule has 3 nitrogen and oxygen atoms in total. The van der Waals surface area contributed by atoms with Gasteiger partial charge < -0.3 is 4.98 Å². The number of hydrogen-bond donors (Lipinski definition) is 1. The number of carbonyl (C=O) groups is 1. The van der Waals surface area contributed by atoms with Crippen LogP contribution in [0.1, 0.15) is 17.3 Å². The van der Waals surface area contributed by atoms with Crippen LogP contribution in [-0.2, 0) is 0 Å². The summed E-state index contributed by atoms with van der Waals surface area (Å²) in [6.07, 6.45) is 0. The van der Waals surface area contributed by atoms with Crippen LogP contribution in [0.3, 0.4) is 0 Å². The Kier molecular flexibility index (Phi) is 3.56. The molecule has 0 aliphatic carbocycles. The molecule has 0 fully saturated rings. The van der Waals surface area contributed by atoms with Crippen molar-refractivity contribution in [1.29, 1.82) is 0 Å². The van der Waals surface area contributed by atoms with Crippen LogP contribution in [0, 0.1) is 0 Å². The number of para-hydroxylation sites is 2. The minimum Gasteiger partial charge on any atom is -0.333 e. The lowest BCUT2D eigenvalue weighted by atomic mass is 10.1. The number of nitrogens with zero attached hydrogens (tertiary/aromatic N) is 1. The molecule has 0 aliphatic rings. The summed E-state index contributed by atoms with van der Waals surface area (Å²) in [4.78, 5) is 20.0. The summed E-state index contributed by atoms with van der Waals surface area (Å²) < 4.78 is 0. The minimum absolute atomic E-state index is 0.121. The van der Waals surface area contributed by atoms with Gasteiger partial charge in [-0.05, 0) is 19.1 Å². The SMILES string of the molecule is C[C@@H](Sc1nc2ccccc2[nH]1)C(=O)c1ccccc1. The predicted molar refractivity (Wildman–Crippen MR) is 82.2 cm³/mol. The summed E-state index contributed by atoms with van der Waals surface area (Å²) in [5.41, 5.74) is 2.66. The second-order valence-electron chi connectivity index (χ2n) is 4.55. The van der Waals surface area contributed by atoms with Crippen molar-refractivity contribution in [3.05, 3.63) is 60.2 Å². The predicted octanol–water partition coefficient (Wildman–Crippen LogP) is 3.93. The molecule has 4 heteroatoms. The highest BCUT2D eigenvalue weighted by Crippen LogP contribution is 2.25. The van der Waals surface area contributed by atoms with Crippen LogP contribution in [0.4, 0.5) is 0 Å². The Morgan fingerprint density at radius 1 is 1.10 bits per heavy atom. The van der Waals surface area contributed by atoms with Crippen molar-refractivity contribution in [2.24, 2.45) is 0 Å². The first-order valence-electron chi connectivity index (χ1n) is 6.45. The summed E-state index contributed by atoms with van der Waals surface area (Å²) in [7, 11) is 0. The van der Waals surface area contributed by atoms with Crippen molar-refractivity contribution >= 4 is 28.6 Å². The van der Waals surface area contributed by atoms with Gasteiger partial charge in [0, 0.05) is 5.56 Å². The van der Waals surface area contributed by atoms with Gasteiger partial charge in [-0.15, -0.1) is 0 Å². The molecular weight excluding hydrogens is 268 g/mol. The quantitative estimate of drug-likeness (QED) is 0.582. The monoisotopic (exact) mass is 282 g/mol. The first-order chi connectivity index (χ1) is 9.74. The topological polar surface area (TPSA) is 45.8 Å². The molecular formula is C16H14N2OS. The molecule has 0 saturated heterocycles. The number of aromatic amines is 1. The molecule has 0 bridgehead atoms. The van der Waals surface area contributed by atoms with E-state index in [0.29, 0.717) is 0 Å². The van der Waals surface area contributed by atoms with E-state index in [2.05, 4.69) is 9.97 Å². The highest BCUT2D eigenvalue weighted by Gasteiger charge is 2.17. The Morgan fingerprint density at radius 3 is 2.55 bits per heavy atom. The molecule has 3 aromatic rings. The average Bonchev–Trinajstić information content (AvgIpc) is 2.89. The summed E-state index contributed by atoms with van der Waals surface area (Å²) in [5.74, 6) is 0.121. The van der Waals surface area contributed by atoms with Gasteiger partial charge in [-0.3, -0.25) is 4.79 Å². The molecule has 1 atom stereocenters. The number of imidazole rings is 1. The molecule has 1 heterocycles. The van der Waals surface area contributed by atoms with Gasteiger partial charge in [-0.2, -0.15) is 0 Å². The Balaban J connectivity index is 1.78. The molecule has 0 spiro atoms. The zero-order valence-electron chi connectivity index (χ0n) is 11.0. The van der Waals surface area contributed by atoms with E-state index in [1.165, 1.54) is 11.8 Å². The van der Waals surface area contributed by atoms with Crippen molar-refractivity contribution in [2.75, 3.05) is 0 Å². The third-order valence-electron chi connectivity index (χ3n) is 3.08. The first kappa shape index (κ1) is 12.9. The second kappa shape index (κ2) is 5.51.